The molecule has 0 saturated heterocycles. The third kappa shape index (κ3) is 3.23. The van der Waals surface area contributed by atoms with Crippen molar-refractivity contribution in [1.29, 1.82) is 5.26 Å². The van der Waals surface area contributed by atoms with E-state index in [1.165, 1.54) is 37.7 Å². The highest BCUT2D eigenvalue weighted by Gasteiger charge is 2.21. The number of rotatable bonds is 4. The maximum absolute atomic E-state index is 8.66. The summed E-state index contributed by atoms with van der Waals surface area (Å²) in [7, 11) is 0. The first kappa shape index (κ1) is 12.9. The van der Waals surface area contributed by atoms with Crippen molar-refractivity contribution in [1.82, 2.24) is 0 Å². The van der Waals surface area contributed by atoms with E-state index in [1.54, 1.807) is 0 Å². The number of hydrogen-bond donors (Lipinski definition) is 0. The summed E-state index contributed by atoms with van der Waals surface area (Å²) in [5.41, 5.74) is 2.58. The van der Waals surface area contributed by atoms with Gasteiger partial charge in [-0.2, -0.15) is 5.26 Å². The molecule has 1 heteroatoms. The van der Waals surface area contributed by atoms with E-state index in [4.69, 9.17) is 5.26 Å². The van der Waals surface area contributed by atoms with Gasteiger partial charge in [-0.1, -0.05) is 30.3 Å². The number of hydrogen-bond acceptors (Lipinski definition) is 1. The molecule has 1 saturated carbocycles. The van der Waals surface area contributed by atoms with Gasteiger partial charge in [0.15, 0.2) is 0 Å². The number of nitrogens with zero attached hydrogens (tertiary/aromatic N) is 1. The smallest absolute Gasteiger partial charge is 0.0669 e. The lowest BCUT2D eigenvalue weighted by Crippen LogP contribution is -2.12. The quantitative estimate of drug-likeness (QED) is 0.704. The van der Waals surface area contributed by atoms with Crippen LogP contribution < -0.4 is 0 Å². The van der Waals surface area contributed by atoms with Crippen molar-refractivity contribution < 1.29 is 0 Å². The number of allylic oxidation sites excluding steroid dienone is 1. The normalized spacial score (nSPS) is 23.3. The Labute approximate surface area is 110 Å². The molecule has 1 nitrogen and oxygen atoms in total. The predicted octanol–water partition coefficient (Wildman–Crippen LogP) is 4.60. The first-order valence-corrected chi connectivity index (χ1v) is 6.90. The van der Waals surface area contributed by atoms with Crippen molar-refractivity contribution in [2.24, 2.45) is 5.92 Å². The highest BCUT2D eigenvalue weighted by atomic mass is 14.3. The molecule has 1 aromatic rings. The highest BCUT2D eigenvalue weighted by Crippen LogP contribution is 2.37. The van der Waals surface area contributed by atoms with Gasteiger partial charge in [0.2, 0.25) is 0 Å². The van der Waals surface area contributed by atoms with E-state index >= 15 is 0 Å². The summed E-state index contributed by atoms with van der Waals surface area (Å²) in [5.74, 6) is 1.58. The van der Waals surface area contributed by atoms with Gasteiger partial charge < -0.3 is 0 Å². The molecule has 18 heavy (non-hydrogen) atoms. The Hall–Kier alpha value is -1.55. The minimum Gasteiger partial charge on any atom is -0.198 e. The summed E-state index contributed by atoms with van der Waals surface area (Å²) >= 11 is 0. The zero-order chi connectivity index (χ0) is 12.8. The first-order chi connectivity index (χ1) is 8.83. The minimum atomic E-state index is 0.520. The fourth-order valence-corrected chi connectivity index (χ4v) is 2.97. The zero-order valence-electron chi connectivity index (χ0n) is 10.9. The molecule has 0 atom stereocenters. The molecule has 94 valence electrons. The van der Waals surface area contributed by atoms with Crippen LogP contribution >= 0.6 is 0 Å². The van der Waals surface area contributed by atoms with E-state index in [-0.39, 0.29) is 0 Å². The molecule has 0 bridgehead atoms. The van der Waals surface area contributed by atoms with E-state index < -0.39 is 0 Å². The second-order valence-corrected chi connectivity index (χ2v) is 5.32. The topological polar surface area (TPSA) is 23.8 Å². The van der Waals surface area contributed by atoms with Gasteiger partial charge in [-0.15, -0.1) is 6.58 Å². The fourth-order valence-electron chi connectivity index (χ4n) is 2.97. The molecular formula is C17H21N. The van der Waals surface area contributed by atoms with Gasteiger partial charge in [0, 0.05) is 0 Å². The van der Waals surface area contributed by atoms with Crippen LogP contribution in [0.25, 0.3) is 0 Å². The maximum Gasteiger partial charge on any atom is 0.0669 e. The average Bonchev–Trinajstić information content (AvgIpc) is 2.41. The predicted molar refractivity (Wildman–Crippen MR) is 75.3 cm³/mol. The molecule has 0 aliphatic heterocycles. The summed E-state index contributed by atoms with van der Waals surface area (Å²) in [4.78, 5) is 0. The van der Waals surface area contributed by atoms with Gasteiger partial charge in [-0.25, -0.2) is 0 Å². The van der Waals surface area contributed by atoms with Crippen molar-refractivity contribution in [3.05, 3.63) is 48.0 Å². The van der Waals surface area contributed by atoms with E-state index in [9.17, 15) is 0 Å². The van der Waals surface area contributed by atoms with Gasteiger partial charge in [-0.05, 0) is 55.1 Å². The molecular weight excluding hydrogens is 218 g/mol. The van der Waals surface area contributed by atoms with Gasteiger partial charge in [0.25, 0.3) is 0 Å². The molecule has 0 radical (unpaired) electrons. The molecule has 1 aliphatic carbocycles. The molecule has 0 spiro atoms. The second kappa shape index (κ2) is 6.40. The van der Waals surface area contributed by atoms with E-state index in [2.05, 4.69) is 43.0 Å². The molecule has 0 heterocycles. The van der Waals surface area contributed by atoms with E-state index in [0.717, 1.165) is 17.4 Å². The van der Waals surface area contributed by atoms with Gasteiger partial charge in [0.05, 0.1) is 12.5 Å². The summed E-state index contributed by atoms with van der Waals surface area (Å²) in [6.07, 6.45) is 9.02. The van der Waals surface area contributed by atoms with Gasteiger partial charge in [-0.3, -0.25) is 0 Å². The summed E-state index contributed by atoms with van der Waals surface area (Å²) in [5, 5.41) is 8.66. The van der Waals surface area contributed by atoms with Crippen LogP contribution in [0.3, 0.4) is 0 Å². The van der Waals surface area contributed by atoms with Gasteiger partial charge >= 0.3 is 0 Å². The van der Waals surface area contributed by atoms with Crippen LogP contribution in [0.4, 0.5) is 0 Å². The lowest BCUT2D eigenvalue weighted by atomic mass is 9.77. The van der Waals surface area contributed by atoms with Crippen LogP contribution in [0.15, 0.2) is 36.9 Å². The number of benzene rings is 1. The molecule has 0 amide bonds. The Morgan fingerprint density at radius 2 is 1.83 bits per heavy atom. The first-order valence-electron chi connectivity index (χ1n) is 6.90. The largest absolute Gasteiger partial charge is 0.198 e. The van der Waals surface area contributed by atoms with Crippen LogP contribution in [0, 0.1) is 17.2 Å². The fraction of sp³-hybridized carbons (Fsp3) is 0.471. The zero-order valence-corrected chi connectivity index (χ0v) is 10.9. The molecule has 0 N–H and O–H groups in total. The van der Waals surface area contributed by atoms with Crippen molar-refractivity contribution >= 4 is 0 Å². The Kier molecular flexibility index (Phi) is 4.59. The summed E-state index contributed by atoms with van der Waals surface area (Å²) in [6.45, 7) is 3.83. The molecule has 2 rings (SSSR count). The summed E-state index contributed by atoms with van der Waals surface area (Å²) < 4.78 is 0. The van der Waals surface area contributed by atoms with Crippen molar-refractivity contribution in [3.8, 4) is 6.07 Å². The van der Waals surface area contributed by atoms with Crippen LogP contribution in [0.5, 0.6) is 0 Å². The Morgan fingerprint density at radius 3 is 2.39 bits per heavy atom. The molecule has 0 aromatic heterocycles. The maximum atomic E-state index is 8.66. The van der Waals surface area contributed by atoms with Crippen LogP contribution in [0.2, 0.25) is 0 Å². The lowest BCUT2D eigenvalue weighted by Gasteiger charge is -2.28. The average molecular weight is 239 g/mol. The Bertz CT molecular complexity index is 416. The van der Waals surface area contributed by atoms with E-state index in [1.807, 2.05) is 0 Å². The molecule has 1 fully saturated rings. The molecule has 1 aliphatic rings. The third-order valence-corrected chi connectivity index (χ3v) is 4.08. The summed E-state index contributed by atoms with van der Waals surface area (Å²) in [6, 6.07) is 10.8. The minimum absolute atomic E-state index is 0.520. The van der Waals surface area contributed by atoms with Crippen molar-refractivity contribution in [2.75, 3.05) is 0 Å². The van der Waals surface area contributed by atoms with E-state index in [0.29, 0.717) is 6.42 Å². The van der Waals surface area contributed by atoms with Crippen LogP contribution in [-0.4, -0.2) is 0 Å². The standard InChI is InChI=1S/C17H21N/c1-2-3-14-4-8-16(9-5-14)17-10-6-15(7-11-17)12-13-18/h2,6-7,10-11,14,16H,1,3-5,8-9,12H2. The number of nitriles is 1. The van der Waals surface area contributed by atoms with Gasteiger partial charge in [0.1, 0.15) is 0 Å². The lowest BCUT2D eigenvalue weighted by molar-refractivity contribution is 0.328. The monoisotopic (exact) mass is 239 g/mol. The molecule has 0 unspecified atom stereocenters. The Balaban J connectivity index is 1.93. The highest BCUT2D eigenvalue weighted by molar-refractivity contribution is 5.27. The van der Waals surface area contributed by atoms with Crippen LogP contribution in [0.1, 0.15) is 49.1 Å². The van der Waals surface area contributed by atoms with Crippen molar-refractivity contribution in [3.63, 3.8) is 0 Å². The molecule has 1 aromatic carbocycles. The van der Waals surface area contributed by atoms with Crippen LogP contribution in [-0.2, 0) is 6.42 Å². The third-order valence-electron chi connectivity index (χ3n) is 4.08. The van der Waals surface area contributed by atoms with Crippen molar-refractivity contribution in [2.45, 2.75) is 44.4 Å². The SMILES string of the molecule is C=CCC1CCC(c2ccc(CC#N)cc2)CC1. The Morgan fingerprint density at radius 1 is 1.17 bits per heavy atom. The second-order valence-electron chi connectivity index (χ2n) is 5.32.